The maximum atomic E-state index is 12.4. The molecule has 2 aromatic carbocycles. The Hall–Kier alpha value is -3.30. The molecule has 0 atom stereocenters. The van der Waals surface area contributed by atoms with E-state index in [4.69, 9.17) is 25.8 Å². The van der Waals surface area contributed by atoms with Crippen molar-refractivity contribution in [3.05, 3.63) is 53.2 Å². The molecule has 1 aliphatic heterocycles. The highest BCUT2D eigenvalue weighted by molar-refractivity contribution is 7.20. The first-order valence-corrected chi connectivity index (χ1v) is 10.2. The summed E-state index contributed by atoms with van der Waals surface area (Å²) in [5, 5.41) is 8.52. The molecule has 2 aromatic heterocycles. The molecule has 1 aliphatic rings. The second-order valence-electron chi connectivity index (χ2n) is 6.54. The van der Waals surface area contributed by atoms with E-state index >= 15 is 0 Å². The van der Waals surface area contributed by atoms with Crippen molar-refractivity contribution in [3.63, 3.8) is 0 Å². The summed E-state index contributed by atoms with van der Waals surface area (Å²) in [6.45, 7) is 1.92. The SMILES string of the molecule is Cc1cc(NC(=O)COc2ccc(Cl)cc2)n(-c2nc3cc4c(cc3s2)OCO4)n1. The van der Waals surface area contributed by atoms with E-state index in [1.165, 1.54) is 11.3 Å². The fourth-order valence-electron chi connectivity index (χ4n) is 2.99. The van der Waals surface area contributed by atoms with E-state index in [2.05, 4.69) is 15.4 Å². The van der Waals surface area contributed by atoms with E-state index in [1.807, 2.05) is 19.1 Å². The number of halogens is 1. The molecule has 0 bridgehead atoms. The van der Waals surface area contributed by atoms with Crippen molar-refractivity contribution >= 4 is 44.9 Å². The Kier molecular flexibility index (Phi) is 4.68. The van der Waals surface area contributed by atoms with Gasteiger partial charge in [-0.15, -0.1) is 0 Å². The van der Waals surface area contributed by atoms with Crippen LogP contribution in [0.15, 0.2) is 42.5 Å². The molecule has 0 saturated heterocycles. The number of fused-ring (bicyclic) bond motifs is 2. The Balaban J connectivity index is 1.35. The van der Waals surface area contributed by atoms with Crippen LogP contribution in [0.2, 0.25) is 5.02 Å². The molecule has 10 heteroatoms. The van der Waals surface area contributed by atoms with Crippen LogP contribution >= 0.6 is 22.9 Å². The van der Waals surface area contributed by atoms with Gasteiger partial charge in [0, 0.05) is 23.2 Å². The molecule has 1 amide bonds. The predicted molar refractivity (Wildman–Crippen MR) is 113 cm³/mol. The number of hydrogen-bond donors (Lipinski definition) is 1. The number of thiazole rings is 1. The second-order valence-corrected chi connectivity index (χ2v) is 7.99. The summed E-state index contributed by atoms with van der Waals surface area (Å²) in [5.74, 6) is 2.12. The van der Waals surface area contributed by atoms with Gasteiger partial charge >= 0.3 is 0 Å². The average Bonchev–Trinajstić information content (AvgIpc) is 3.43. The van der Waals surface area contributed by atoms with Gasteiger partial charge in [-0.25, -0.2) is 4.98 Å². The number of carbonyl (C=O) groups excluding carboxylic acids is 1. The van der Waals surface area contributed by atoms with Gasteiger partial charge in [-0.2, -0.15) is 9.78 Å². The van der Waals surface area contributed by atoms with Gasteiger partial charge in [0.25, 0.3) is 5.91 Å². The normalized spacial score (nSPS) is 12.3. The van der Waals surface area contributed by atoms with E-state index in [9.17, 15) is 4.79 Å². The number of ether oxygens (including phenoxy) is 3. The van der Waals surface area contributed by atoms with Crippen molar-refractivity contribution < 1.29 is 19.0 Å². The Labute approximate surface area is 180 Å². The Morgan fingerprint density at radius 1 is 1.23 bits per heavy atom. The molecule has 0 radical (unpaired) electrons. The van der Waals surface area contributed by atoms with Crippen LogP contribution in [0.3, 0.4) is 0 Å². The number of amides is 1. The molecule has 152 valence electrons. The number of nitrogens with zero attached hydrogens (tertiary/aromatic N) is 3. The third-order valence-electron chi connectivity index (χ3n) is 4.34. The highest BCUT2D eigenvalue weighted by atomic mass is 35.5. The van der Waals surface area contributed by atoms with Crippen LogP contribution in [0.25, 0.3) is 15.3 Å². The summed E-state index contributed by atoms with van der Waals surface area (Å²) in [7, 11) is 0. The van der Waals surface area contributed by atoms with E-state index in [1.54, 1.807) is 35.0 Å². The minimum absolute atomic E-state index is 0.146. The molecular weight excluding hydrogens is 428 g/mol. The molecule has 0 saturated carbocycles. The molecule has 1 N–H and O–H groups in total. The molecule has 8 nitrogen and oxygen atoms in total. The quantitative estimate of drug-likeness (QED) is 0.498. The summed E-state index contributed by atoms with van der Waals surface area (Å²) in [4.78, 5) is 17.0. The standard InChI is InChI=1S/C20H15ClN4O4S/c1-11-6-18(23-19(26)9-27-13-4-2-12(21)3-5-13)25(24-11)20-22-14-7-15-16(29-10-28-15)8-17(14)30-20/h2-8H,9-10H2,1H3,(H,23,26). The van der Waals surface area contributed by atoms with Crippen LogP contribution < -0.4 is 19.5 Å². The van der Waals surface area contributed by atoms with Gasteiger partial charge in [0.2, 0.25) is 11.9 Å². The smallest absolute Gasteiger partial charge is 0.263 e. The van der Waals surface area contributed by atoms with Gasteiger partial charge < -0.3 is 19.5 Å². The lowest BCUT2D eigenvalue weighted by Crippen LogP contribution is -2.21. The zero-order chi connectivity index (χ0) is 20.7. The minimum atomic E-state index is -0.312. The van der Waals surface area contributed by atoms with Crippen LogP contribution in [-0.4, -0.2) is 34.1 Å². The van der Waals surface area contributed by atoms with Gasteiger partial charge in [-0.3, -0.25) is 4.79 Å². The topological polar surface area (TPSA) is 87.5 Å². The lowest BCUT2D eigenvalue weighted by atomic mass is 10.3. The van der Waals surface area contributed by atoms with Crippen LogP contribution in [-0.2, 0) is 4.79 Å². The van der Waals surface area contributed by atoms with E-state index in [-0.39, 0.29) is 19.3 Å². The number of anilines is 1. The van der Waals surface area contributed by atoms with Gasteiger partial charge in [0.1, 0.15) is 11.6 Å². The molecule has 0 spiro atoms. The van der Waals surface area contributed by atoms with Gasteiger partial charge in [-0.1, -0.05) is 22.9 Å². The molecule has 30 heavy (non-hydrogen) atoms. The third-order valence-corrected chi connectivity index (χ3v) is 5.58. The van der Waals surface area contributed by atoms with Crippen molar-refractivity contribution in [2.45, 2.75) is 6.92 Å². The molecule has 3 heterocycles. The number of benzene rings is 2. The number of nitrogens with one attached hydrogen (secondary N) is 1. The fourth-order valence-corrected chi connectivity index (χ4v) is 4.06. The molecule has 0 aliphatic carbocycles. The molecule has 0 unspecified atom stereocenters. The van der Waals surface area contributed by atoms with Gasteiger partial charge in [0.05, 0.1) is 15.9 Å². The van der Waals surface area contributed by atoms with E-state index in [0.29, 0.717) is 33.2 Å². The zero-order valence-corrected chi connectivity index (χ0v) is 17.3. The molecule has 4 aromatic rings. The monoisotopic (exact) mass is 442 g/mol. The Bertz CT molecular complexity index is 1210. The Morgan fingerprint density at radius 3 is 2.80 bits per heavy atom. The second kappa shape index (κ2) is 7.51. The number of hydrogen-bond acceptors (Lipinski definition) is 7. The van der Waals surface area contributed by atoms with Crippen LogP contribution in [0.5, 0.6) is 17.2 Å². The minimum Gasteiger partial charge on any atom is -0.484 e. The summed E-state index contributed by atoms with van der Waals surface area (Å²) in [5.41, 5.74) is 1.52. The van der Waals surface area contributed by atoms with Crippen molar-refractivity contribution in [1.29, 1.82) is 0 Å². The average molecular weight is 443 g/mol. The van der Waals surface area contributed by atoms with Gasteiger partial charge in [0.15, 0.2) is 18.1 Å². The highest BCUT2D eigenvalue weighted by Crippen LogP contribution is 2.38. The Morgan fingerprint density at radius 2 is 2.00 bits per heavy atom. The molecule has 0 fully saturated rings. The lowest BCUT2D eigenvalue weighted by Gasteiger charge is -2.08. The summed E-state index contributed by atoms with van der Waals surface area (Å²) in [6.07, 6.45) is 0. The third kappa shape index (κ3) is 3.64. The van der Waals surface area contributed by atoms with E-state index in [0.717, 1.165) is 15.9 Å². The largest absolute Gasteiger partial charge is 0.484 e. The van der Waals surface area contributed by atoms with Crippen LogP contribution in [0, 0.1) is 6.92 Å². The van der Waals surface area contributed by atoms with Crippen molar-refractivity contribution in [2.24, 2.45) is 0 Å². The number of aromatic nitrogens is 3. The van der Waals surface area contributed by atoms with Crippen molar-refractivity contribution in [2.75, 3.05) is 18.7 Å². The first kappa shape index (κ1) is 18.7. The van der Waals surface area contributed by atoms with E-state index < -0.39 is 0 Å². The summed E-state index contributed by atoms with van der Waals surface area (Å²) in [6, 6.07) is 12.3. The highest BCUT2D eigenvalue weighted by Gasteiger charge is 2.19. The van der Waals surface area contributed by atoms with Crippen molar-refractivity contribution in [3.8, 4) is 22.4 Å². The number of rotatable bonds is 5. The summed E-state index contributed by atoms with van der Waals surface area (Å²) < 4.78 is 18.9. The van der Waals surface area contributed by atoms with Crippen LogP contribution in [0.4, 0.5) is 5.82 Å². The zero-order valence-electron chi connectivity index (χ0n) is 15.7. The van der Waals surface area contributed by atoms with Gasteiger partial charge in [-0.05, 0) is 31.2 Å². The summed E-state index contributed by atoms with van der Waals surface area (Å²) >= 11 is 7.30. The lowest BCUT2D eigenvalue weighted by molar-refractivity contribution is -0.118. The first-order chi connectivity index (χ1) is 14.5. The van der Waals surface area contributed by atoms with Crippen LogP contribution in [0.1, 0.15) is 5.69 Å². The van der Waals surface area contributed by atoms with Crippen molar-refractivity contribution in [1.82, 2.24) is 14.8 Å². The molecule has 5 rings (SSSR count). The number of aryl methyl sites for hydroxylation is 1. The first-order valence-electron chi connectivity index (χ1n) is 9.00. The number of carbonyl (C=O) groups is 1. The maximum absolute atomic E-state index is 12.4. The molecular formula is C20H15ClN4O4S. The fraction of sp³-hybridized carbons (Fsp3) is 0.150. The predicted octanol–water partition coefficient (Wildman–Crippen LogP) is 4.19. The maximum Gasteiger partial charge on any atom is 0.263 e.